The van der Waals surface area contributed by atoms with Gasteiger partial charge in [-0.3, -0.25) is 5.43 Å². The fourth-order valence-electron chi connectivity index (χ4n) is 3.07. The molecule has 0 bridgehead atoms. The van der Waals surface area contributed by atoms with Crippen LogP contribution in [0.3, 0.4) is 0 Å². The molecule has 2 N–H and O–H groups in total. The lowest BCUT2D eigenvalue weighted by Gasteiger charge is -2.17. The van der Waals surface area contributed by atoms with Crippen molar-refractivity contribution >= 4 is 27.9 Å². The second-order valence-electron chi connectivity index (χ2n) is 6.36. The van der Waals surface area contributed by atoms with Gasteiger partial charge >= 0.3 is 0 Å². The van der Waals surface area contributed by atoms with Crippen molar-refractivity contribution in [3.63, 3.8) is 0 Å². The van der Waals surface area contributed by atoms with Gasteiger partial charge in [0.25, 0.3) is 0 Å². The topological polar surface area (TPSA) is 73.2 Å². The normalized spacial score (nSPS) is 12.9. The molecule has 0 amide bonds. The predicted molar refractivity (Wildman–Crippen MR) is 114 cm³/mol. The molecule has 1 aliphatic rings. The predicted octanol–water partition coefficient (Wildman–Crippen LogP) is 4.74. The molecule has 0 saturated heterocycles. The third-order valence-electron chi connectivity index (χ3n) is 4.51. The van der Waals surface area contributed by atoms with Gasteiger partial charge in [0.15, 0.2) is 0 Å². The van der Waals surface area contributed by atoms with Crippen LogP contribution in [0.2, 0.25) is 0 Å². The van der Waals surface area contributed by atoms with Crippen LogP contribution in [0.15, 0.2) is 103 Å². The van der Waals surface area contributed by atoms with Crippen LogP contribution in [0.4, 0.5) is 5.69 Å². The first kappa shape index (κ1) is 17.4. The van der Waals surface area contributed by atoms with Crippen molar-refractivity contribution in [2.24, 2.45) is 0 Å². The van der Waals surface area contributed by atoms with Crippen molar-refractivity contribution in [3.05, 3.63) is 119 Å². The first-order valence-electron chi connectivity index (χ1n) is 8.89. The lowest BCUT2D eigenvalue weighted by Crippen LogP contribution is -2.21. The number of anilines is 1. The highest BCUT2D eigenvalue weighted by Gasteiger charge is 2.10. The lowest BCUT2D eigenvalue weighted by atomic mass is 10.0. The van der Waals surface area contributed by atoms with E-state index in [-0.39, 0.29) is 5.71 Å². The summed E-state index contributed by atoms with van der Waals surface area (Å²) < 4.78 is 0. The number of nitrogens with one attached hydrogen (secondary N) is 2. The van der Waals surface area contributed by atoms with Crippen molar-refractivity contribution < 1.29 is 4.90 Å². The molecule has 3 aromatic carbocycles. The molecule has 138 valence electrons. The van der Waals surface area contributed by atoms with Crippen LogP contribution in [0, 0.1) is 10.4 Å². The molecule has 4 rings (SSSR count). The Kier molecular flexibility index (Phi) is 4.80. The minimum atomic E-state index is -0.396. The molecule has 0 heterocycles. The summed E-state index contributed by atoms with van der Waals surface area (Å²) >= 11 is 0. The zero-order valence-electron chi connectivity index (χ0n) is 15.0. The summed E-state index contributed by atoms with van der Waals surface area (Å²) in [6, 6.07) is 24.2. The van der Waals surface area contributed by atoms with E-state index >= 15 is 0 Å². The Labute approximate surface area is 162 Å². The second kappa shape index (κ2) is 7.72. The minimum absolute atomic E-state index is 0.0682. The van der Waals surface area contributed by atoms with E-state index in [0.717, 1.165) is 27.9 Å². The van der Waals surface area contributed by atoms with Gasteiger partial charge in [0.1, 0.15) is 0 Å². The van der Waals surface area contributed by atoms with E-state index in [1.807, 2.05) is 48.5 Å². The summed E-state index contributed by atoms with van der Waals surface area (Å²) in [7, 11) is 0. The standard InChI is InChI=1S/C23H18N3O2/c27-26(28)22-14-11-19(12-15-22)23(18-7-2-1-3-8-18)25-24-21-13-10-17-6-4-5-9-20(17)16-21/h1-16,24-25H/q-1. The number of hydrogen-bond donors (Lipinski definition) is 2. The SMILES string of the molecule is [O-][N+]([O-])=C1C=CC(=C(NNc2ccc3ccccc3c2)c2ccccc2)C=C1. The van der Waals surface area contributed by atoms with Crippen molar-refractivity contribution in [1.82, 2.24) is 5.43 Å². The molecule has 0 spiro atoms. The summed E-state index contributed by atoms with van der Waals surface area (Å²) in [5.74, 6) is 0. The van der Waals surface area contributed by atoms with E-state index < -0.39 is 4.90 Å². The first-order valence-corrected chi connectivity index (χ1v) is 8.89. The first-order chi connectivity index (χ1) is 13.7. The highest BCUT2D eigenvalue weighted by Crippen LogP contribution is 2.22. The quantitative estimate of drug-likeness (QED) is 0.515. The largest absolute Gasteiger partial charge is 0.612 e. The molecule has 0 aromatic heterocycles. The molecule has 0 unspecified atom stereocenters. The van der Waals surface area contributed by atoms with E-state index in [1.54, 1.807) is 12.2 Å². The molecule has 0 aliphatic heterocycles. The zero-order valence-corrected chi connectivity index (χ0v) is 15.0. The smallest absolute Gasteiger partial charge is 0.222 e. The minimum Gasteiger partial charge on any atom is -0.612 e. The Bertz CT molecular complexity index is 1110. The molecule has 3 aromatic rings. The van der Waals surface area contributed by atoms with Crippen LogP contribution < -0.4 is 10.9 Å². The molecule has 28 heavy (non-hydrogen) atoms. The highest BCUT2D eigenvalue weighted by molar-refractivity contribution is 6.03. The van der Waals surface area contributed by atoms with Gasteiger partial charge < -0.3 is 15.8 Å². The van der Waals surface area contributed by atoms with Gasteiger partial charge in [0.05, 0.1) is 11.4 Å². The van der Waals surface area contributed by atoms with Crippen LogP contribution in [0.5, 0.6) is 0 Å². The van der Waals surface area contributed by atoms with Gasteiger partial charge in [-0.25, -0.2) is 0 Å². The second-order valence-corrected chi connectivity index (χ2v) is 6.36. The zero-order chi connectivity index (χ0) is 19.3. The van der Waals surface area contributed by atoms with Crippen molar-refractivity contribution in [3.8, 4) is 0 Å². The maximum atomic E-state index is 10.9. The van der Waals surface area contributed by atoms with Crippen LogP contribution in [0.25, 0.3) is 16.5 Å². The molecular formula is C23H18N3O2-. The summed E-state index contributed by atoms with van der Waals surface area (Å²) in [5, 5.41) is 24.2. The van der Waals surface area contributed by atoms with E-state index in [1.165, 1.54) is 17.5 Å². The molecule has 0 radical (unpaired) electrons. The number of benzene rings is 3. The van der Waals surface area contributed by atoms with Crippen LogP contribution in [-0.2, 0) is 0 Å². The third-order valence-corrected chi connectivity index (χ3v) is 4.51. The van der Waals surface area contributed by atoms with E-state index in [2.05, 4.69) is 35.1 Å². The van der Waals surface area contributed by atoms with Crippen LogP contribution in [0.1, 0.15) is 5.56 Å². The molecule has 1 aliphatic carbocycles. The van der Waals surface area contributed by atoms with Gasteiger partial charge in [-0.15, -0.1) is 0 Å². The summed E-state index contributed by atoms with van der Waals surface area (Å²) in [4.78, 5) is -0.396. The fourth-order valence-corrected chi connectivity index (χ4v) is 3.07. The van der Waals surface area contributed by atoms with Crippen LogP contribution >= 0.6 is 0 Å². The average molecular weight is 368 g/mol. The Balaban J connectivity index is 1.65. The van der Waals surface area contributed by atoms with Crippen LogP contribution in [-0.4, -0.2) is 10.6 Å². The van der Waals surface area contributed by atoms with Gasteiger partial charge in [0, 0.05) is 17.7 Å². The summed E-state index contributed by atoms with van der Waals surface area (Å²) in [6.07, 6.45) is 6.51. The molecule has 5 nitrogen and oxygen atoms in total. The Hall–Kier alpha value is -3.99. The molecular weight excluding hydrogens is 350 g/mol. The monoisotopic (exact) mass is 368 g/mol. The fraction of sp³-hybridized carbons (Fsp3) is 0. The van der Waals surface area contributed by atoms with E-state index in [0.29, 0.717) is 0 Å². The third kappa shape index (κ3) is 3.73. The number of nitrogens with zero attached hydrogens (tertiary/aromatic N) is 1. The molecule has 5 heteroatoms. The summed E-state index contributed by atoms with van der Waals surface area (Å²) in [5.41, 5.74) is 10.2. The Morgan fingerprint density at radius 3 is 2.11 bits per heavy atom. The van der Waals surface area contributed by atoms with Gasteiger partial charge in [-0.05, 0) is 40.6 Å². The van der Waals surface area contributed by atoms with Crippen molar-refractivity contribution in [2.45, 2.75) is 0 Å². The van der Waals surface area contributed by atoms with E-state index in [9.17, 15) is 10.4 Å². The number of fused-ring (bicyclic) bond motifs is 1. The maximum absolute atomic E-state index is 10.9. The maximum Gasteiger partial charge on any atom is 0.222 e. The molecule has 0 saturated carbocycles. The van der Waals surface area contributed by atoms with E-state index in [4.69, 9.17) is 0 Å². The molecule has 0 atom stereocenters. The highest BCUT2D eigenvalue weighted by atomic mass is 16.8. The lowest BCUT2D eigenvalue weighted by molar-refractivity contribution is -0.377. The van der Waals surface area contributed by atoms with Gasteiger partial charge in [-0.1, -0.05) is 60.7 Å². The average Bonchev–Trinajstić information content (AvgIpc) is 2.75. The number of rotatable bonds is 4. The van der Waals surface area contributed by atoms with Crippen molar-refractivity contribution in [2.75, 3.05) is 5.43 Å². The Morgan fingerprint density at radius 1 is 0.714 bits per heavy atom. The van der Waals surface area contributed by atoms with Crippen molar-refractivity contribution in [1.29, 1.82) is 0 Å². The number of hydrazine groups is 1. The molecule has 0 fully saturated rings. The van der Waals surface area contributed by atoms with Gasteiger partial charge in [-0.2, -0.15) is 4.90 Å². The Morgan fingerprint density at radius 2 is 1.39 bits per heavy atom. The summed E-state index contributed by atoms with van der Waals surface area (Å²) in [6.45, 7) is 0. The number of hydrogen-bond acceptors (Lipinski definition) is 4. The van der Waals surface area contributed by atoms with Gasteiger partial charge in [0.2, 0.25) is 5.71 Å². The number of allylic oxidation sites excluding steroid dienone is 5.